The van der Waals surface area contributed by atoms with Crippen molar-refractivity contribution in [1.82, 2.24) is 0 Å². The van der Waals surface area contributed by atoms with E-state index in [2.05, 4.69) is 0 Å². The minimum atomic E-state index is -0.357. The number of aliphatic hydroxyl groups excluding tert-OH is 1. The Morgan fingerprint density at radius 1 is 1.31 bits per heavy atom. The Kier molecular flexibility index (Phi) is 3.93. The van der Waals surface area contributed by atoms with Crippen molar-refractivity contribution in [2.24, 2.45) is 5.73 Å². The first kappa shape index (κ1) is 10.2. The lowest BCUT2D eigenvalue weighted by Gasteiger charge is -2.09. The summed E-state index contributed by atoms with van der Waals surface area (Å²) in [5.41, 5.74) is 7.57. The number of nitrogens with two attached hydrogens (primary N) is 1. The van der Waals surface area contributed by atoms with Crippen LogP contribution in [0.5, 0.6) is 0 Å². The largest absolute Gasteiger partial charge is 0.388 e. The van der Waals surface area contributed by atoms with Gasteiger partial charge in [0.2, 0.25) is 0 Å². The predicted molar refractivity (Wildman–Crippen MR) is 54.4 cm³/mol. The number of rotatable bonds is 4. The Morgan fingerprint density at radius 2 is 1.92 bits per heavy atom. The fraction of sp³-hybridized carbons (Fsp3) is 0.455. The van der Waals surface area contributed by atoms with Gasteiger partial charge in [-0.2, -0.15) is 0 Å². The van der Waals surface area contributed by atoms with Crippen LogP contribution in [0.4, 0.5) is 0 Å². The first-order valence-electron chi connectivity index (χ1n) is 4.68. The van der Waals surface area contributed by atoms with Gasteiger partial charge in [-0.05, 0) is 31.9 Å². The van der Waals surface area contributed by atoms with Crippen molar-refractivity contribution in [1.29, 1.82) is 0 Å². The van der Waals surface area contributed by atoms with Crippen LogP contribution in [-0.2, 0) is 0 Å². The van der Waals surface area contributed by atoms with E-state index in [-0.39, 0.29) is 6.10 Å². The van der Waals surface area contributed by atoms with Gasteiger partial charge in [0, 0.05) is 0 Å². The van der Waals surface area contributed by atoms with Crippen LogP contribution in [0.3, 0.4) is 0 Å². The highest BCUT2D eigenvalue weighted by Gasteiger charge is 2.05. The molecule has 1 rings (SSSR count). The summed E-state index contributed by atoms with van der Waals surface area (Å²) >= 11 is 0. The van der Waals surface area contributed by atoms with Crippen LogP contribution < -0.4 is 5.73 Å². The average molecular weight is 179 g/mol. The van der Waals surface area contributed by atoms with Crippen molar-refractivity contribution in [2.45, 2.75) is 25.9 Å². The van der Waals surface area contributed by atoms with Gasteiger partial charge in [-0.25, -0.2) is 0 Å². The summed E-state index contributed by atoms with van der Waals surface area (Å²) in [6.45, 7) is 2.68. The first-order valence-corrected chi connectivity index (χ1v) is 4.68. The summed E-state index contributed by atoms with van der Waals surface area (Å²) in [6.07, 6.45) is 1.26. The van der Waals surface area contributed by atoms with Gasteiger partial charge in [0.15, 0.2) is 0 Å². The first-order chi connectivity index (χ1) is 6.24. The van der Waals surface area contributed by atoms with Crippen molar-refractivity contribution >= 4 is 0 Å². The number of hydrogen-bond acceptors (Lipinski definition) is 2. The molecule has 2 nitrogen and oxygen atoms in total. The second-order valence-corrected chi connectivity index (χ2v) is 3.36. The lowest BCUT2D eigenvalue weighted by atomic mass is 10.0. The van der Waals surface area contributed by atoms with Crippen LogP contribution in [0.15, 0.2) is 24.3 Å². The van der Waals surface area contributed by atoms with Crippen LogP contribution in [0, 0.1) is 6.92 Å². The summed E-state index contributed by atoms with van der Waals surface area (Å²) in [6, 6.07) is 7.97. The van der Waals surface area contributed by atoms with Crippen LogP contribution in [0.1, 0.15) is 30.1 Å². The smallest absolute Gasteiger partial charge is 0.0790 e. The van der Waals surface area contributed by atoms with E-state index in [9.17, 15) is 5.11 Å². The molecule has 72 valence electrons. The molecule has 0 aliphatic carbocycles. The Labute approximate surface area is 79.4 Å². The van der Waals surface area contributed by atoms with Crippen LogP contribution in [0.25, 0.3) is 0 Å². The topological polar surface area (TPSA) is 46.2 Å². The maximum Gasteiger partial charge on any atom is 0.0790 e. The molecule has 0 fully saturated rings. The molecular formula is C11H17NO. The molecule has 0 amide bonds. The van der Waals surface area contributed by atoms with Crippen molar-refractivity contribution in [3.63, 3.8) is 0 Å². The summed E-state index contributed by atoms with van der Waals surface area (Å²) in [7, 11) is 0. The molecule has 0 aliphatic rings. The van der Waals surface area contributed by atoms with Crippen LogP contribution in [0.2, 0.25) is 0 Å². The van der Waals surface area contributed by atoms with E-state index in [0.717, 1.165) is 18.4 Å². The number of aliphatic hydroxyl groups is 1. The molecule has 0 unspecified atom stereocenters. The molecule has 0 saturated carbocycles. The quantitative estimate of drug-likeness (QED) is 0.740. The van der Waals surface area contributed by atoms with Gasteiger partial charge in [0.25, 0.3) is 0 Å². The van der Waals surface area contributed by atoms with E-state index in [4.69, 9.17) is 5.73 Å². The van der Waals surface area contributed by atoms with E-state index < -0.39 is 0 Å². The summed E-state index contributed by atoms with van der Waals surface area (Å²) in [5.74, 6) is 0. The molecule has 0 saturated heterocycles. The average Bonchev–Trinajstić information content (AvgIpc) is 2.15. The molecule has 1 aromatic rings. The maximum absolute atomic E-state index is 9.69. The molecule has 2 heteroatoms. The molecule has 1 atom stereocenters. The van der Waals surface area contributed by atoms with Gasteiger partial charge in [-0.1, -0.05) is 29.8 Å². The van der Waals surface area contributed by atoms with Crippen molar-refractivity contribution in [3.8, 4) is 0 Å². The fourth-order valence-corrected chi connectivity index (χ4v) is 1.27. The molecule has 13 heavy (non-hydrogen) atoms. The Morgan fingerprint density at radius 3 is 2.46 bits per heavy atom. The SMILES string of the molecule is Cc1ccc([C@H](O)CCCN)cc1. The Hall–Kier alpha value is -0.860. The van der Waals surface area contributed by atoms with Crippen LogP contribution in [-0.4, -0.2) is 11.7 Å². The lowest BCUT2D eigenvalue weighted by molar-refractivity contribution is 0.165. The molecule has 3 N–H and O–H groups in total. The third-order valence-corrected chi connectivity index (χ3v) is 2.14. The fourth-order valence-electron chi connectivity index (χ4n) is 1.27. The van der Waals surface area contributed by atoms with Crippen molar-refractivity contribution < 1.29 is 5.11 Å². The molecule has 0 radical (unpaired) electrons. The predicted octanol–water partition coefficient (Wildman–Crippen LogP) is 1.77. The van der Waals surface area contributed by atoms with Crippen LogP contribution >= 0.6 is 0 Å². The zero-order chi connectivity index (χ0) is 9.68. The van der Waals surface area contributed by atoms with Gasteiger partial charge in [-0.3, -0.25) is 0 Å². The molecule has 0 spiro atoms. The van der Waals surface area contributed by atoms with Crippen molar-refractivity contribution in [3.05, 3.63) is 35.4 Å². The highest BCUT2D eigenvalue weighted by atomic mass is 16.3. The van der Waals surface area contributed by atoms with Gasteiger partial charge in [-0.15, -0.1) is 0 Å². The zero-order valence-corrected chi connectivity index (χ0v) is 8.03. The maximum atomic E-state index is 9.69. The second-order valence-electron chi connectivity index (χ2n) is 3.36. The summed E-state index contributed by atoms with van der Waals surface area (Å²) < 4.78 is 0. The standard InChI is InChI=1S/C11H17NO/c1-9-4-6-10(7-5-9)11(13)3-2-8-12/h4-7,11,13H,2-3,8,12H2,1H3/t11-/m1/s1. The minimum absolute atomic E-state index is 0.357. The highest BCUT2D eigenvalue weighted by molar-refractivity contribution is 5.22. The lowest BCUT2D eigenvalue weighted by Crippen LogP contribution is -2.03. The van der Waals surface area contributed by atoms with E-state index in [0.29, 0.717) is 6.54 Å². The molecule has 0 heterocycles. The summed E-state index contributed by atoms with van der Waals surface area (Å²) in [4.78, 5) is 0. The molecular weight excluding hydrogens is 162 g/mol. The highest BCUT2D eigenvalue weighted by Crippen LogP contribution is 2.17. The third kappa shape index (κ3) is 3.17. The van der Waals surface area contributed by atoms with E-state index >= 15 is 0 Å². The molecule has 0 aromatic heterocycles. The van der Waals surface area contributed by atoms with Gasteiger partial charge >= 0.3 is 0 Å². The van der Waals surface area contributed by atoms with E-state index in [1.165, 1.54) is 5.56 Å². The molecule has 1 aromatic carbocycles. The Balaban J connectivity index is 2.55. The van der Waals surface area contributed by atoms with Gasteiger partial charge < -0.3 is 10.8 Å². The van der Waals surface area contributed by atoms with Crippen molar-refractivity contribution in [2.75, 3.05) is 6.54 Å². The summed E-state index contributed by atoms with van der Waals surface area (Å²) in [5, 5.41) is 9.69. The number of benzene rings is 1. The zero-order valence-electron chi connectivity index (χ0n) is 8.03. The molecule has 0 aliphatic heterocycles. The number of hydrogen-bond donors (Lipinski definition) is 2. The van der Waals surface area contributed by atoms with Gasteiger partial charge in [0.05, 0.1) is 6.10 Å². The van der Waals surface area contributed by atoms with E-state index in [1.807, 2.05) is 31.2 Å². The molecule has 0 bridgehead atoms. The second kappa shape index (κ2) is 5.00. The van der Waals surface area contributed by atoms with Gasteiger partial charge in [0.1, 0.15) is 0 Å². The Bertz CT molecular complexity index is 243. The third-order valence-electron chi connectivity index (χ3n) is 2.14. The normalized spacial score (nSPS) is 12.8. The number of aryl methyl sites for hydroxylation is 1. The monoisotopic (exact) mass is 179 g/mol. The van der Waals surface area contributed by atoms with E-state index in [1.54, 1.807) is 0 Å². The minimum Gasteiger partial charge on any atom is -0.388 e.